The zero-order valence-corrected chi connectivity index (χ0v) is 14.5. The predicted octanol–water partition coefficient (Wildman–Crippen LogP) is 2.67. The van der Waals surface area contributed by atoms with Gasteiger partial charge in [-0.25, -0.2) is 4.79 Å². The van der Waals surface area contributed by atoms with Crippen LogP contribution in [0.25, 0.3) is 0 Å². The molecule has 2 N–H and O–H groups in total. The topological polar surface area (TPSA) is 111 Å². The normalized spacial score (nSPS) is 10.3. The van der Waals surface area contributed by atoms with Crippen LogP contribution >= 0.6 is 0 Å². The number of nitrogens with zero attached hydrogens (tertiary/aromatic N) is 1. The third-order valence-corrected chi connectivity index (χ3v) is 3.66. The quantitative estimate of drug-likeness (QED) is 0.423. The van der Waals surface area contributed by atoms with E-state index < -0.39 is 10.9 Å². The first-order chi connectivity index (χ1) is 12.5. The van der Waals surface area contributed by atoms with Crippen molar-refractivity contribution in [3.63, 3.8) is 0 Å². The maximum absolute atomic E-state index is 12.5. The van der Waals surface area contributed by atoms with Gasteiger partial charge in [0.05, 0.1) is 24.2 Å². The summed E-state index contributed by atoms with van der Waals surface area (Å²) in [5, 5.41) is 22.8. The predicted molar refractivity (Wildman–Crippen MR) is 95.5 cm³/mol. The maximum atomic E-state index is 12.5. The summed E-state index contributed by atoms with van der Waals surface area (Å²) in [6, 6.07) is 9.33. The van der Waals surface area contributed by atoms with Crippen LogP contribution in [0.3, 0.4) is 0 Å². The Morgan fingerprint density at radius 1 is 1.27 bits per heavy atom. The number of carbonyl (C=O) groups excluding carboxylic acids is 1. The minimum atomic E-state index is -0.710. The van der Waals surface area contributed by atoms with E-state index in [0.717, 1.165) is 11.6 Å². The number of esters is 1. The third kappa shape index (κ3) is 4.70. The van der Waals surface area contributed by atoms with Gasteiger partial charge in [0, 0.05) is 29.9 Å². The summed E-state index contributed by atoms with van der Waals surface area (Å²) in [6.45, 7) is 1.92. The van der Waals surface area contributed by atoms with Gasteiger partial charge < -0.3 is 19.9 Å². The molecule has 0 heterocycles. The van der Waals surface area contributed by atoms with E-state index in [1.165, 1.54) is 19.2 Å². The van der Waals surface area contributed by atoms with Gasteiger partial charge in [-0.2, -0.15) is 0 Å². The van der Waals surface area contributed by atoms with Crippen LogP contribution in [-0.4, -0.2) is 36.3 Å². The van der Waals surface area contributed by atoms with Crippen molar-refractivity contribution >= 4 is 17.3 Å². The van der Waals surface area contributed by atoms with Gasteiger partial charge in [-0.3, -0.25) is 10.1 Å². The molecule has 0 atom stereocenters. The number of anilines is 1. The first-order valence-corrected chi connectivity index (χ1v) is 7.90. The maximum Gasteiger partial charge on any atom is 0.340 e. The molecule has 0 radical (unpaired) electrons. The number of rotatable bonds is 8. The number of ether oxygens (including phenoxy) is 2. The van der Waals surface area contributed by atoms with Gasteiger partial charge in [-0.05, 0) is 25.1 Å². The Kier molecular flexibility index (Phi) is 6.51. The largest absolute Gasteiger partial charge is 0.496 e. The lowest BCUT2D eigenvalue weighted by Crippen LogP contribution is -2.13. The number of nitrogens with one attached hydrogen (secondary N) is 1. The summed E-state index contributed by atoms with van der Waals surface area (Å²) in [5.74, 6) is -0.126. The van der Waals surface area contributed by atoms with Gasteiger partial charge in [0.2, 0.25) is 0 Å². The minimum Gasteiger partial charge on any atom is -0.496 e. The molecule has 0 aliphatic rings. The van der Waals surface area contributed by atoms with E-state index in [1.807, 2.05) is 19.1 Å². The fourth-order valence-electron chi connectivity index (χ4n) is 2.40. The number of nitro benzene ring substituents is 1. The van der Waals surface area contributed by atoms with Gasteiger partial charge >= 0.3 is 5.97 Å². The van der Waals surface area contributed by atoms with E-state index >= 15 is 0 Å². The van der Waals surface area contributed by atoms with Crippen molar-refractivity contribution in [1.29, 1.82) is 0 Å². The molecule has 2 aromatic carbocycles. The molecule has 0 saturated heterocycles. The zero-order chi connectivity index (χ0) is 19.1. The molecule has 0 saturated carbocycles. The second kappa shape index (κ2) is 8.82. The van der Waals surface area contributed by atoms with Crippen LogP contribution < -0.4 is 10.1 Å². The number of carbonyl (C=O) groups is 1. The molecule has 26 heavy (non-hydrogen) atoms. The van der Waals surface area contributed by atoms with Gasteiger partial charge in [-0.15, -0.1) is 0 Å². The van der Waals surface area contributed by atoms with Crippen LogP contribution in [0.5, 0.6) is 5.75 Å². The van der Waals surface area contributed by atoms with Crippen molar-refractivity contribution in [2.75, 3.05) is 25.6 Å². The molecular weight excluding hydrogens is 340 g/mol. The summed E-state index contributed by atoms with van der Waals surface area (Å²) in [5.41, 5.74) is 1.83. The number of hydrogen-bond donors (Lipinski definition) is 2. The van der Waals surface area contributed by atoms with Crippen molar-refractivity contribution in [3.8, 4) is 5.75 Å². The van der Waals surface area contributed by atoms with Crippen LogP contribution in [-0.2, 0) is 11.3 Å². The molecule has 0 amide bonds. The standard InChI is InChI=1S/C18H20N2O6/c1-12-3-6-17(25-2)13(9-12)11-26-18(22)15-10-14(20(23)24)4-5-16(15)19-7-8-21/h3-6,9-10,19,21H,7-8,11H2,1-2H3. The van der Waals surface area contributed by atoms with Crippen molar-refractivity contribution in [2.24, 2.45) is 0 Å². The first-order valence-electron chi connectivity index (χ1n) is 7.90. The number of non-ortho nitro benzene ring substituents is 1. The molecule has 2 rings (SSSR count). The van der Waals surface area contributed by atoms with Crippen molar-refractivity contribution in [2.45, 2.75) is 13.5 Å². The lowest BCUT2D eigenvalue weighted by Gasteiger charge is -2.13. The number of benzene rings is 2. The van der Waals surface area contributed by atoms with E-state index in [9.17, 15) is 14.9 Å². The van der Waals surface area contributed by atoms with Gasteiger partial charge in [0.25, 0.3) is 5.69 Å². The summed E-state index contributed by atoms with van der Waals surface area (Å²) in [6.07, 6.45) is 0. The van der Waals surface area contributed by atoms with Crippen molar-refractivity contribution in [1.82, 2.24) is 0 Å². The number of nitro groups is 1. The van der Waals surface area contributed by atoms with E-state index in [4.69, 9.17) is 14.6 Å². The Morgan fingerprint density at radius 3 is 2.69 bits per heavy atom. The molecule has 8 heteroatoms. The Morgan fingerprint density at radius 2 is 2.04 bits per heavy atom. The molecule has 0 bridgehead atoms. The second-order valence-electron chi connectivity index (χ2n) is 5.53. The van der Waals surface area contributed by atoms with Gasteiger partial charge in [0.15, 0.2) is 0 Å². The van der Waals surface area contributed by atoms with Crippen molar-refractivity contribution < 1.29 is 24.3 Å². The number of aryl methyl sites for hydroxylation is 1. The lowest BCUT2D eigenvalue weighted by atomic mass is 10.1. The van der Waals surface area contributed by atoms with Crippen LogP contribution in [0.15, 0.2) is 36.4 Å². The van der Waals surface area contributed by atoms with E-state index in [-0.39, 0.29) is 31.0 Å². The highest BCUT2D eigenvalue weighted by Gasteiger charge is 2.18. The average molecular weight is 360 g/mol. The lowest BCUT2D eigenvalue weighted by molar-refractivity contribution is -0.384. The van der Waals surface area contributed by atoms with Crippen LogP contribution in [0.4, 0.5) is 11.4 Å². The highest BCUT2D eigenvalue weighted by atomic mass is 16.6. The second-order valence-corrected chi connectivity index (χ2v) is 5.53. The monoisotopic (exact) mass is 360 g/mol. The Balaban J connectivity index is 2.23. The number of methoxy groups -OCH3 is 1. The summed E-state index contributed by atoms with van der Waals surface area (Å²) in [4.78, 5) is 22.9. The van der Waals surface area contributed by atoms with Crippen LogP contribution in [0, 0.1) is 17.0 Å². The molecule has 2 aromatic rings. The minimum absolute atomic E-state index is 0.0271. The van der Waals surface area contributed by atoms with Crippen LogP contribution in [0.2, 0.25) is 0 Å². The highest BCUT2D eigenvalue weighted by molar-refractivity contribution is 5.96. The molecule has 0 aliphatic carbocycles. The number of aliphatic hydroxyl groups excluding tert-OH is 1. The summed E-state index contributed by atoms with van der Waals surface area (Å²) in [7, 11) is 1.52. The molecule has 138 valence electrons. The van der Waals surface area contributed by atoms with E-state index in [0.29, 0.717) is 17.0 Å². The van der Waals surface area contributed by atoms with Crippen molar-refractivity contribution in [3.05, 3.63) is 63.2 Å². The Labute approximate surface area is 150 Å². The third-order valence-electron chi connectivity index (χ3n) is 3.66. The van der Waals surface area contributed by atoms with E-state index in [1.54, 1.807) is 6.07 Å². The first kappa shape index (κ1) is 19.2. The fraction of sp³-hybridized carbons (Fsp3) is 0.278. The van der Waals surface area contributed by atoms with Gasteiger partial charge in [0.1, 0.15) is 12.4 Å². The number of aliphatic hydroxyl groups is 1. The highest BCUT2D eigenvalue weighted by Crippen LogP contribution is 2.25. The molecule has 0 fully saturated rings. The Hall–Kier alpha value is -3.13. The molecule has 0 unspecified atom stereocenters. The summed E-state index contributed by atoms with van der Waals surface area (Å²) < 4.78 is 10.6. The van der Waals surface area contributed by atoms with E-state index in [2.05, 4.69) is 5.32 Å². The molecule has 8 nitrogen and oxygen atoms in total. The molecule has 0 aliphatic heterocycles. The average Bonchev–Trinajstić information content (AvgIpc) is 2.64. The summed E-state index contributed by atoms with van der Waals surface area (Å²) >= 11 is 0. The van der Waals surface area contributed by atoms with Crippen LogP contribution in [0.1, 0.15) is 21.5 Å². The SMILES string of the molecule is COc1ccc(C)cc1COC(=O)c1cc([N+](=O)[O-])ccc1NCCO. The molecule has 0 spiro atoms. The Bertz CT molecular complexity index is 806. The fourth-order valence-corrected chi connectivity index (χ4v) is 2.40. The van der Waals surface area contributed by atoms with Gasteiger partial charge in [-0.1, -0.05) is 11.6 Å². The molecule has 0 aromatic heterocycles. The number of hydrogen-bond acceptors (Lipinski definition) is 7. The molecular formula is C18H20N2O6. The zero-order valence-electron chi connectivity index (χ0n) is 14.5. The smallest absolute Gasteiger partial charge is 0.340 e.